The maximum Gasteiger partial charge on any atom is 0.269 e. The number of carbonyl (C=O) groups excluding carboxylic acids is 2. The van der Waals surface area contributed by atoms with Gasteiger partial charge in [0.2, 0.25) is 5.91 Å². The number of nitrogens with one attached hydrogen (secondary N) is 1. The van der Waals surface area contributed by atoms with Crippen molar-refractivity contribution in [3.63, 3.8) is 0 Å². The normalized spacial score (nSPS) is 10.6. The van der Waals surface area contributed by atoms with E-state index in [0.717, 1.165) is 0 Å². The predicted molar refractivity (Wildman–Crippen MR) is 64.6 cm³/mol. The van der Waals surface area contributed by atoms with E-state index in [-0.39, 0.29) is 17.5 Å². The van der Waals surface area contributed by atoms with Crippen LogP contribution in [0.3, 0.4) is 0 Å². The highest BCUT2D eigenvalue weighted by Crippen LogP contribution is 2.20. The van der Waals surface area contributed by atoms with Gasteiger partial charge < -0.3 is 11.1 Å². The molecule has 0 aliphatic carbocycles. The van der Waals surface area contributed by atoms with Crippen molar-refractivity contribution in [2.45, 2.75) is 34.2 Å². The highest BCUT2D eigenvalue weighted by molar-refractivity contribution is 6.02. The lowest BCUT2D eigenvalue weighted by molar-refractivity contribution is -0.118. The number of anilines is 1. The van der Waals surface area contributed by atoms with Crippen LogP contribution >= 0.6 is 0 Å². The van der Waals surface area contributed by atoms with Crippen LogP contribution in [0.5, 0.6) is 0 Å². The molecule has 0 fully saturated rings. The molecule has 1 aromatic heterocycles. The standard InChI is InChI=1S/C11H18N4O2/c1-5-15-9(10(12)16)8(7(4)14-15)13-11(17)6(2)3/h6H,5H2,1-4H3,(H2,12,16)(H,13,17). The third kappa shape index (κ3) is 2.64. The van der Waals surface area contributed by atoms with Crippen molar-refractivity contribution < 1.29 is 9.59 Å². The van der Waals surface area contributed by atoms with Crippen molar-refractivity contribution in [1.82, 2.24) is 9.78 Å². The lowest BCUT2D eigenvalue weighted by Crippen LogP contribution is -2.23. The number of aromatic nitrogens is 2. The first-order chi connectivity index (χ1) is 7.88. The Bertz CT molecular complexity index is 449. The highest BCUT2D eigenvalue weighted by atomic mass is 16.2. The number of amides is 2. The molecule has 3 N–H and O–H groups in total. The Balaban J connectivity index is 3.18. The van der Waals surface area contributed by atoms with E-state index in [2.05, 4.69) is 10.4 Å². The van der Waals surface area contributed by atoms with Crippen molar-refractivity contribution in [2.24, 2.45) is 11.7 Å². The van der Waals surface area contributed by atoms with Crippen molar-refractivity contribution in [2.75, 3.05) is 5.32 Å². The number of aryl methyl sites for hydroxylation is 2. The minimum Gasteiger partial charge on any atom is -0.364 e. The molecule has 0 aliphatic heterocycles. The molecule has 0 bridgehead atoms. The molecule has 0 radical (unpaired) electrons. The largest absolute Gasteiger partial charge is 0.364 e. The van der Waals surface area contributed by atoms with Crippen molar-refractivity contribution in [3.8, 4) is 0 Å². The predicted octanol–water partition coefficient (Wildman–Crippen LogP) is 0.905. The Labute approximate surface area is 100 Å². The first-order valence-electron chi connectivity index (χ1n) is 5.56. The van der Waals surface area contributed by atoms with Crippen LogP contribution < -0.4 is 11.1 Å². The summed E-state index contributed by atoms with van der Waals surface area (Å²) in [5.74, 6) is -0.919. The monoisotopic (exact) mass is 238 g/mol. The fourth-order valence-corrected chi connectivity index (χ4v) is 1.48. The van der Waals surface area contributed by atoms with Gasteiger partial charge in [-0.05, 0) is 13.8 Å². The van der Waals surface area contributed by atoms with Crippen molar-refractivity contribution in [3.05, 3.63) is 11.4 Å². The molecule has 6 nitrogen and oxygen atoms in total. The van der Waals surface area contributed by atoms with Crippen LogP contribution in [0.25, 0.3) is 0 Å². The van der Waals surface area contributed by atoms with Gasteiger partial charge in [-0.3, -0.25) is 14.3 Å². The number of hydrogen-bond donors (Lipinski definition) is 2. The van der Waals surface area contributed by atoms with Gasteiger partial charge in [-0.15, -0.1) is 0 Å². The summed E-state index contributed by atoms with van der Waals surface area (Å²) < 4.78 is 1.49. The number of rotatable bonds is 4. The molecule has 94 valence electrons. The van der Waals surface area contributed by atoms with Crippen LogP contribution in [-0.2, 0) is 11.3 Å². The van der Waals surface area contributed by atoms with Crippen molar-refractivity contribution in [1.29, 1.82) is 0 Å². The molecule has 0 atom stereocenters. The van der Waals surface area contributed by atoms with Gasteiger partial charge in [0, 0.05) is 12.5 Å². The smallest absolute Gasteiger partial charge is 0.269 e. The highest BCUT2D eigenvalue weighted by Gasteiger charge is 2.21. The second kappa shape index (κ2) is 4.99. The second-order valence-corrected chi connectivity index (χ2v) is 4.13. The first kappa shape index (κ1) is 13.2. The summed E-state index contributed by atoms with van der Waals surface area (Å²) in [5.41, 5.74) is 6.56. The zero-order valence-electron chi connectivity index (χ0n) is 10.6. The van der Waals surface area contributed by atoms with E-state index in [1.54, 1.807) is 20.8 Å². The molecule has 1 aromatic rings. The van der Waals surface area contributed by atoms with Gasteiger partial charge in [0.25, 0.3) is 5.91 Å². The summed E-state index contributed by atoms with van der Waals surface area (Å²) in [7, 11) is 0. The zero-order chi connectivity index (χ0) is 13.2. The first-order valence-corrected chi connectivity index (χ1v) is 5.56. The topological polar surface area (TPSA) is 90.0 Å². The lowest BCUT2D eigenvalue weighted by atomic mass is 10.2. The van der Waals surface area contributed by atoms with Crippen LogP contribution in [0.2, 0.25) is 0 Å². The van der Waals surface area contributed by atoms with Crippen LogP contribution in [0.4, 0.5) is 5.69 Å². The maximum atomic E-state index is 11.6. The second-order valence-electron chi connectivity index (χ2n) is 4.13. The molecule has 0 saturated carbocycles. The quantitative estimate of drug-likeness (QED) is 0.816. The summed E-state index contributed by atoms with van der Waals surface area (Å²) in [6, 6.07) is 0. The Kier molecular flexibility index (Phi) is 3.88. The van der Waals surface area contributed by atoms with E-state index in [0.29, 0.717) is 17.9 Å². The fraction of sp³-hybridized carbons (Fsp3) is 0.545. The SMILES string of the molecule is CCn1nc(C)c(NC(=O)C(C)C)c1C(N)=O. The molecule has 0 aromatic carbocycles. The van der Waals surface area contributed by atoms with E-state index >= 15 is 0 Å². The van der Waals surface area contributed by atoms with E-state index in [1.165, 1.54) is 4.68 Å². The Hall–Kier alpha value is -1.85. The maximum absolute atomic E-state index is 11.6. The third-order valence-electron chi connectivity index (χ3n) is 2.43. The average molecular weight is 238 g/mol. The van der Waals surface area contributed by atoms with E-state index in [9.17, 15) is 9.59 Å². The number of nitrogens with zero attached hydrogens (tertiary/aromatic N) is 2. The van der Waals surface area contributed by atoms with E-state index in [1.807, 2.05) is 6.92 Å². The van der Waals surface area contributed by atoms with Gasteiger partial charge in [0.1, 0.15) is 5.69 Å². The summed E-state index contributed by atoms with van der Waals surface area (Å²) in [6.45, 7) is 7.66. The molecule has 0 saturated heterocycles. The van der Waals surface area contributed by atoms with Crippen molar-refractivity contribution >= 4 is 17.5 Å². The summed E-state index contributed by atoms with van der Waals surface area (Å²) in [5, 5.41) is 6.86. The van der Waals surface area contributed by atoms with Crippen LogP contribution in [0, 0.1) is 12.8 Å². The van der Waals surface area contributed by atoms with Gasteiger partial charge >= 0.3 is 0 Å². The number of carbonyl (C=O) groups is 2. The zero-order valence-corrected chi connectivity index (χ0v) is 10.6. The van der Waals surface area contributed by atoms with Crippen LogP contribution in [0.1, 0.15) is 37.0 Å². The van der Waals surface area contributed by atoms with E-state index < -0.39 is 5.91 Å². The molecule has 1 heterocycles. The summed E-state index contributed by atoms with van der Waals surface area (Å²) in [6.07, 6.45) is 0. The minimum atomic E-state index is -0.591. The molecule has 1 rings (SSSR count). The molecular formula is C11H18N4O2. The molecular weight excluding hydrogens is 220 g/mol. The van der Waals surface area contributed by atoms with E-state index in [4.69, 9.17) is 5.73 Å². The third-order valence-corrected chi connectivity index (χ3v) is 2.43. The average Bonchev–Trinajstić information content (AvgIpc) is 2.55. The van der Waals surface area contributed by atoms with Gasteiger partial charge in [-0.2, -0.15) is 5.10 Å². The molecule has 2 amide bonds. The van der Waals surface area contributed by atoms with Gasteiger partial charge in [-0.1, -0.05) is 13.8 Å². The summed E-state index contributed by atoms with van der Waals surface area (Å²) in [4.78, 5) is 23.0. The van der Waals surface area contributed by atoms with Gasteiger partial charge in [-0.25, -0.2) is 0 Å². The molecule has 6 heteroatoms. The Morgan fingerprint density at radius 1 is 1.47 bits per heavy atom. The fourth-order valence-electron chi connectivity index (χ4n) is 1.48. The molecule has 0 spiro atoms. The summed E-state index contributed by atoms with van der Waals surface area (Å²) >= 11 is 0. The van der Waals surface area contributed by atoms with Gasteiger partial charge in [0.15, 0.2) is 0 Å². The number of hydrogen-bond acceptors (Lipinski definition) is 3. The number of primary amides is 1. The van der Waals surface area contributed by atoms with Crippen LogP contribution in [0.15, 0.2) is 0 Å². The number of nitrogens with two attached hydrogens (primary N) is 1. The van der Waals surface area contributed by atoms with Crippen LogP contribution in [-0.4, -0.2) is 21.6 Å². The Morgan fingerprint density at radius 2 is 2.06 bits per heavy atom. The van der Waals surface area contributed by atoms with Gasteiger partial charge in [0.05, 0.1) is 11.4 Å². The lowest BCUT2D eigenvalue weighted by Gasteiger charge is -2.08. The Morgan fingerprint density at radius 3 is 2.47 bits per heavy atom. The molecule has 0 unspecified atom stereocenters. The minimum absolute atomic E-state index is 0.161. The molecule has 0 aliphatic rings. The molecule has 17 heavy (non-hydrogen) atoms.